The summed E-state index contributed by atoms with van der Waals surface area (Å²) in [6.45, 7) is 6.47. The van der Waals surface area contributed by atoms with Gasteiger partial charge in [-0.3, -0.25) is 14.5 Å². The number of rotatable bonds is 4. The highest BCUT2D eigenvalue weighted by atomic mass is 16.2. The fraction of sp³-hybridized carbons (Fsp3) is 0.310. The molecule has 0 aromatic heterocycles. The van der Waals surface area contributed by atoms with E-state index in [9.17, 15) is 9.59 Å². The average molecular weight is 467 g/mol. The highest BCUT2D eigenvalue weighted by molar-refractivity contribution is 5.96. The minimum atomic E-state index is 0.108. The maximum Gasteiger partial charge on any atom is 0.254 e. The third-order valence-electron chi connectivity index (χ3n) is 7.59. The zero-order valence-electron chi connectivity index (χ0n) is 19.8. The van der Waals surface area contributed by atoms with Crippen LogP contribution in [-0.2, 0) is 13.1 Å². The molecule has 2 amide bonds. The molecule has 6 heteroatoms. The van der Waals surface area contributed by atoms with Crippen molar-refractivity contribution >= 4 is 17.5 Å². The van der Waals surface area contributed by atoms with Crippen LogP contribution in [-0.4, -0.2) is 71.8 Å². The molecule has 0 bridgehead atoms. The molecule has 0 unspecified atom stereocenters. The molecule has 0 aliphatic carbocycles. The Balaban J connectivity index is 1.02. The number of benzene rings is 3. The van der Waals surface area contributed by atoms with Crippen molar-refractivity contribution in [2.45, 2.75) is 19.1 Å². The van der Waals surface area contributed by atoms with Gasteiger partial charge in [0.2, 0.25) is 0 Å². The van der Waals surface area contributed by atoms with Crippen LogP contribution in [0.5, 0.6) is 0 Å². The van der Waals surface area contributed by atoms with E-state index < -0.39 is 0 Å². The van der Waals surface area contributed by atoms with Crippen molar-refractivity contribution < 1.29 is 9.59 Å². The second-order valence-corrected chi connectivity index (χ2v) is 9.73. The Hall–Kier alpha value is -3.64. The molecule has 0 atom stereocenters. The normalized spacial score (nSPS) is 18.3. The van der Waals surface area contributed by atoms with Gasteiger partial charge in [-0.2, -0.15) is 0 Å². The van der Waals surface area contributed by atoms with E-state index in [1.165, 1.54) is 11.1 Å². The summed E-state index contributed by atoms with van der Waals surface area (Å²) in [4.78, 5) is 34.5. The Bertz CT molecular complexity index is 1210. The van der Waals surface area contributed by atoms with E-state index >= 15 is 0 Å². The Morgan fingerprint density at radius 1 is 0.629 bits per heavy atom. The van der Waals surface area contributed by atoms with Crippen LogP contribution in [0.3, 0.4) is 0 Å². The number of hydrogen-bond acceptors (Lipinski definition) is 4. The van der Waals surface area contributed by atoms with Crippen molar-refractivity contribution in [1.29, 1.82) is 0 Å². The molecule has 35 heavy (non-hydrogen) atoms. The van der Waals surface area contributed by atoms with Gasteiger partial charge in [0.15, 0.2) is 0 Å². The lowest BCUT2D eigenvalue weighted by atomic mass is 10.0. The number of anilines is 1. The highest BCUT2D eigenvalue weighted by Crippen LogP contribution is 2.29. The highest BCUT2D eigenvalue weighted by Gasteiger charge is 2.37. The summed E-state index contributed by atoms with van der Waals surface area (Å²) >= 11 is 0. The van der Waals surface area contributed by atoms with Crippen molar-refractivity contribution in [2.24, 2.45) is 0 Å². The number of carbonyl (C=O) groups excluding carboxylic acids is 2. The molecule has 178 valence electrons. The van der Waals surface area contributed by atoms with Crippen LogP contribution in [0.2, 0.25) is 0 Å². The maximum absolute atomic E-state index is 13.2. The lowest BCUT2D eigenvalue weighted by molar-refractivity contribution is 0.00854. The molecule has 3 aliphatic rings. The molecule has 3 aliphatic heterocycles. The molecule has 2 saturated heterocycles. The predicted molar refractivity (Wildman–Crippen MR) is 136 cm³/mol. The molecule has 3 aromatic carbocycles. The summed E-state index contributed by atoms with van der Waals surface area (Å²) in [5, 5.41) is 0. The largest absolute Gasteiger partial charge is 0.363 e. The van der Waals surface area contributed by atoms with E-state index in [1.54, 1.807) is 0 Å². The summed E-state index contributed by atoms with van der Waals surface area (Å²) in [7, 11) is 0. The first-order valence-corrected chi connectivity index (χ1v) is 12.5. The van der Waals surface area contributed by atoms with Crippen molar-refractivity contribution in [2.75, 3.05) is 44.2 Å². The molecule has 0 saturated carbocycles. The molecular formula is C29H30N4O2. The molecular weight excluding hydrogens is 436 g/mol. The summed E-state index contributed by atoms with van der Waals surface area (Å²) in [5.41, 5.74) is 5.33. The molecule has 0 N–H and O–H groups in total. The zero-order chi connectivity index (χ0) is 23.8. The molecule has 0 spiro atoms. The second-order valence-electron chi connectivity index (χ2n) is 9.73. The number of amides is 2. The van der Waals surface area contributed by atoms with Crippen LogP contribution >= 0.6 is 0 Å². The first-order valence-electron chi connectivity index (χ1n) is 12.5. The number of nitrogens with zero attached hydrogens (tertiary/aromatic N) is 4. The van der Waals surface area contributed by atoms with Crippen molar-refractivity contribution in [3.63, 3.8) is 0 Å². The van der Waals surface area contributed by atoms with Gasteiger partial charge in [0.25, 0.3) is 11.8 Å². The number of fused-ring (bicyclic) bond motifs is 1. The molecule has 2 fully saturated rings. The second kappa shape index (κ2) is 9.19. The quantitative estimate of drug-likeness (QED) is 0.591. The van der Waals surface area contributed by atoms with Crippen molar-refractivity contribution in [3.8, 4) is 0 Å². The first kappa shape index (κ1) is 21.9. The van der Waals surface area contributed by atoms with Crippen molar-refractivity contribution in [3.05, 3.63) is 101 Å². The van der Waals surface area contributed by atoms with Gasteiger partial charge in [-0.25, -0.2) is 0 Å². The minimum Gasteiger partial charge on any atom is -0.363 e. The lowest BCUT2D eigenvalue weighted by Gasteiger charge is -2.48. The average Bonchev–Trinajstić information content (AvgIpc) is 3.33. The van der Waals surface area contributed by atoms with Crippen LogP contribution in [0.4, 0.5) is 5.69 Å². The van der Waals surface area contributed by atoms with E-state index in [0.717, 1.165) is 69.2 Å². The topological polar surface area (TPSA) is 47.1 Å². The van der Waals surface area contributed by atoms with E-state index in [1.807, 2.05) is 58.3 Å². The zero-order valence-corrected chi connectivity index (χ0v) is 19.8. The van der Waals surface area contributed by atoms with Gasteiger partial charge >= 0.3 is 0 Å². The summed E-state index contributed by atoms with van der Waals surface area (Å²) < 4.78 is 0. The first-order chi connectivity index (χ1) is 17.2. The van der Waals surface area contributed by atoms with E-state index in [0.29, 0.717) is 6.04 Å². The van der Waals surface area contributed by atoms with Crippen LogP contribution in [0, 0.1) is 0 Å². The molecule has 3 heterocycles. The number of hydrogen-bond donors (Lipinski definition) is 0. The summed E-state index contributed by atoms with van der Waals surface area (Å²) in [5.74, 6) is 0.217. The van der Waals surface area contributed by atoms with Gasteiger partial charge < -0.3 is 14.7 Å². The molecule has 6 rings (SSSR count). The fourth-order valence-electron chi connectivity index (χ4n) is 5.44. The smallest absolute Gasteiger partial charge is 0.254 e. The molecule has 3 aromatic rings. The third kappa shape index (κ3) is 4.30. The predicted octanol–water partition coefficient (Wildman–Crippen LogP) is 3.49. The lowest BCUT2D eigenvalue weighted by Crippen LogP contribution is -2.64. The summed E-state index contributed by atoms with van der Waals surface area (Å²) in [6.07, 6.45) is 0. The Labute approximate surface area is 206 Å². The fourth-order valence-corrected chi connectivity index (χ4v) is 5.44. The van der Waals surface area contributed by atoms with Gasteiger partial charge in [-0.05, 0) is 41.5 Å². The van der Waals surface area contributed by atoms with Crippen LogP contribution in [0.1, 0.15) is 31.8 Å². The van der Waals surface area contributed by atoms with Gasteiger partial charge in [0, 0.05) is 75.2 Å². The standard InChI is InChI=1S/C29H30N4O2/c34-28(22-7-2-1-3-8-22)31-15-13-30(14-16-31)27-20-33(21-27)29(35)23-11-6-12-26(17-23)32-18-24-9-4-5-10-25(24)19-32/h1-12,17,27H,13-16,18-21H2. The SMILES string of the molecule is O=C(c1ccccc1)N1CCN(C2CN(C(=O)c3cccc(N4Cc5ccccc5C4)c3)C2)CC1. The number of likely N-dealkylation sites (tertiary alicyclic amines) is 1. The monoisotopic (exact) mass is 466 g/mol. The number of piperazine rings is 1. The van der Waals surface area contributed by atoms with Crippen LogP contribution in [0.25, 0.3) is 0 Å². The van der Waals surface area contributed by atoms with Gasteiger partial charge in [0.05, 0.1) is 0 Å². The maximum atomic E-state index is 13.2. The van der Waals surface area contributed by atoms with E-state index in [2.05, 4.69) is 40.1 Å². The van der Waals surface area contributed by atoms with Gasteiger partial charge in [0.1, 0.15) is 0 Å². The molecule has 6 nitrogen and oxygen atoms in total. The van der Waals surface area contributed by atoms with Crippen molar-refractivity contribution in [1.82, 2.24) is 14.7 Å². The minimum absolute atomic E-state index is 0.108. The Kier molecular flexibility index (Phi) is 5.74. The number of carbonyl (C=O) groups is 2. The van der Waals surface area contributed by atoms with E-state index in [-0.39, 0.29) is 11.8 Å². The Morgan fingerprint density at radius 3 is 1.91 bits per heavy atom. The van der Waals surface area contributed by atoms with Crippen LogP contribution < -0.4 is 4.90 Å². The Morgan fingerprint density at radius 2 is 1.23 bits per heavy atom. The van der Waals surface area contributed by atoms with Gasteiger partial charge in [-0.15, -0.1) is 0 Å². The van der Waals surface area contributed by atoms with Gasteiger partial charge in [-0.1, -0.05) is 48.5 Å². The third-order valence-corrected chi connectivity index (χ3v) is 7.59. The molecule has 0 radical (unpaired) electrons. The summed E-state index contributed by atoms with van der Waals surface area (Å²) in [6, 6.07) is 26.5. The van der Waals surface area contributed by atoms with Crippen LogP contribution in [0.15, 0.2) is 78.9 Å². The van der Waals surface area contributed by atoms with E-state index in [4.69, 9.17) is 0 Å².